The predicted molar refractivity (Wildman–Crippen MR) is 43.4 cm³/mol. The van der Waals surface area contributed by atoms with Crippen molar-refractivity contribution in [2.24, 2.45) is 0 Å². The van der Waals surface area contributed by atoms with E-state index in [1.807, 2.05) is 17.5 Å². The minimum absolute atomic E-state index is 0.733. The van der Waals surface area contributed by atoms with E-state index in [0.717, 1.165) is 4.72 Å². The van der Waals surface area contributed by atoms with Gasteiger partial charge in [0.25, 0.3) is 0 Å². The van der Waals surface area contributed by atoms with Crippen molar-refractivity contribution in [2.45, 2.75) is 0 Å². The van der Waals surface area contributed by atoms with Crippen LogP contribution in [0.25, 0.3) is 0 Å². The number of aromatic nitrogens is 3. The van der Waals surface area contributed by atoms with Crippen molar-refractivity contribution >= 4 is 19.8 Å². The van der Waals surface area contributed by atoms with Crippen molar-refractivity contribution in [3.63, 3.8) is 0 Å². The number of hydrogen-bond donors (Lipinski definition) is 0. The zero-order valence-corrected chi connectivity index (χ0v) is 7.70. The maximum atomic E-state index is 4.00. The molecule has 2 rings (SSSR count). The van der Waals surface area contributed by atoms with Crippen LogP contribution in [0.1, 0.15) is 0 Å². The number of rotatable bonds is 2. The molecule has 0 fully saturated rings. The molecular weight excluding hydrogens is 222 g/mol. The third kappa shape index (κ3) is 1.88. The van der Waals surface area contributed by atoms with E-state index in [0.29, 0.717) is 0 Å². The molecule has 0 bridgehead atoms. The van der Waals surface area contributed by atoms with Gasteiger partial charge in [0.1, 0.15) is 0 Å². The van der Waals surface area contributed by atoms with Crippen molar-refractivity contribution in [3.8, 4) is 0 Å². The third-order valence-electron chi connectivity index (χ3n) is 1.05. The van der Waals surface area contributed by atoms with Gasteiger partial charge in [0.15, 0.2) is 0 Å². The van der Waals surface area contributed by atoms with Crippen LogP contribution in [0.2, 0.25) is 0 Å². The van der Waals surface area contributed by atoms with E-state index >= 15 is 0 Å². The van der Waals surface area contributed by atoms with E-state index in [2.05, 4.69) is 15.0 Å². The van der Waals surface area contributed by atoms with E-state index in [-0.39, 0.29) is 0 Å². The van der Waals surface area contributed by atoms with Crippen LogP contribution in [0.15, 0.2) is 30.2 Å². The average molecular weight is 227 g/mol. The molecule has 0 aromatic carbocycles. The van der Waals surface area contributed by atoms with Crippen molar-refractivity contribution in [1.29, 1.82) is 0 Å². The summed E-state index contributed by atoms with van der Waals surface area (Å²) in [6.07, 6.45) is 3.00. The fraction of sp³-hybridized carbons (Fsp3) is 0. The molecule has 0 aliphatic rings. The van der Waals surface area contributed by atoms with E-state index in [1.54, 1.807) is 26.3 Å². The Morgan fingerprint density at radius 1 is 1.25 bits per heavy atom. The van der Waals surface area contributed by atoms with Crippen LogP contribution in [0, 0.1) is 0 Å². The summed E-state index contributed by atoms with van der Waals surface area (Å²) in [6, 6.07) is 4.04. The summed E-state index contributed by atoms with van der Waals surface area (Å²) in [6.45, 7) is 0. The summed E-state index contributed by atoms with van der Waals surface area (Å²) in [4.78, 5) is 11.7. The molecule has 0 amide bonds. The second-order valence-corrected chi connectivity index (χ2v) is 4.20. The second kappa shape index (κ2) is 3.76. The summed E-state index contributed by atoms with van der Waals surface area (Å²) in [7, 11) is 0. The number of nitrogens with zero attached hydrogens (tertiary/aromatic N) is 3. The molecule has 2 heterocycles. The molecule has 0 aliphatic heterocycles. The quantitative estimate of drug-likeness (QED) is 0.675. The molecule has 0 N–H and O–H groups in total. The molecule has 2 aromatic heterocycles. The maximum absolute atomic E-state index is 4.00. The summed E-state index contributed by atoms with van der Waals surface area (Å²) in [5.74, 6) is 0. The molecule has 12 heavy (non-hydrogen) atoms. The first-order valence-corrected chi connectivity index (χ1v) is 5.00. The summed E-state index contributed by atoms with van der Waals surface area (Å²) >= 11 is 3.32. The molecule has 2 aromatic rings. The first kappa shape index (κ1) is 7.86. The fourth-order valence-electron chi connectivity index (χ4n) is 0.610. The van der Waals surface area contributed by atoms with Crippen LogP contribution in [0.4, 0.5) is 0 Å². The molecule has 65 valence electrons. The van der Waals surface area contributed by atoms with Gasteiger partial charge in [-0.1, -0.05) is 0 Å². The molecule has 5 heteroatoms. The Morgan fingerprint density at radius 2 is 2.08 bits per heavy atom. The van der Waals surface area contributed by atoms with Gasteiger partial charge in [-0.2, -0.15) is 0 Å². The zero-order chi connectivity index (χ0) is 8.23. The van der Waals surface area contributed by atoms with E-state index in [9.17, 15) is 0 Å². The van der Waals surface area contributed by atoms with Crippen molar-refractivity contribution in [2.75, 3.05) is 0 Å². The van der Waals surface area contributed by atoms with Crippen LogP contribution < -0.4 is 8.50 Å². The van der Waals surface area contributed by atoms with E-state index in [1.165, 1.54) is 16.4 Å². The van der Waals surface area contributed by atoms with Crippen LogP contribution >= 0.6 is 11.3 Å². The average Bonchev–Trinajstić information content (AvgIpc) is 2.59. The van der Waals surface area contributed by atoms with Gasteiger partial charge in [0, 0.05) is 0 Å². The normalized spacial score (nSPS) is 10.3. The topological polar surface area (TPSA) is 38.7 Å². The standard InChI is InChI=1S/C4H3S.C3H2N3.Cu/c1-2-4-5-3-1;1-4-2-6-3-5-1;/h1-3H;1-2H;. The van der Waals surface area contributed by atoms with Crippen LogP contribution in [-0.2, 0) is 15.0 Å². The van der Waals surface area contributed by atoms with Crippen molar-refractivity contribution in [3.05, 3.63) is 30.2 Å². The van der Waals surface area contributed by atoms with Gasteiger partial charge in [0.2, 0.25) is 0 Å². The van der Waals surface area contributed by atoms with Gasteiger partial charge in [-0.25, -0.2) is 0 Å². The number of hydrogen-bond acceptors (Lipinski definition) is 4. The minimum atomic E-state index is 0.733. The van der Waals surface area contributed by atoms with E-state index < -0.39 is 0 Å². The van der Waals surface area contributed by atoms with Crippen LogP contribution in [-0.4, -0.2) is 15.0 Å². The first-order chi connectivity index (χ1) is 5.95. The van der Waals surface area contributed by atoms with E-state index in [4.69, 9.17) is 0 Å². The second-order valence-electron chi connectivity index (χ2n) is 1.83. The summed E-state index contributed by atoms with van der Waals surface area (Å²) in [5.41, 5.74) is 0. The summed E-state index contributed by atoms with van der Waals surface area (Å²) < 4.78 is 1.92. The molecule has 0 unspecified atom stereocenters. The van der Waals surface area contributed by atoms with Crippen LogP contribution in [0.5, 0.6) is 0 Å². The molecule has 3 nitrogen and oxygen atoms in total. The Balaban J connectivity index is 2.15. The van der Waals surface area contributed by atoms with Gasteiger partial charge in [-0.15, -0.1) is 0 Å². The van der Waals surface area contributed by atoms with Crippen molar-refractivity contribution in [1.82, 2.24) is 15.0 Å². The Kier molecular flexibility index (Phi) is 2.46. The first-order valence-electron chi connectivity index (χ1n) is 3.18. The molecule has 0 atom stereocenters. The van der Waals surface area contributed by atoms with Gasteiger partial charge < -0.3 is 0 Å². The van der Waals surface area contributed by atoms with Gasteiger partial charge >= 0.3 is 79.9 Å². The molecule has 0 aliphatic carbocycles. The predicted octanol–water partition coefficient (Wildman–Crippen LogP) is -0.0336. The molecule has 0 saturated carbocycles. The Bertz CT molecular complexity index is 335. The molecule has 0 spiro atoms. The van der Waals surface area contributed by atoms with Crippen LogP contribution in [0.3, 0.4) is 0 Å². The van der Waals surface area contributed by atoms with Gasteiger partial charge in [-0.3, -0.25) is 0 Å². The molecule has 0 radical (unpaired) electrons. The third-order valence-corrected chi connectivity index (χ3v) is 3.11. The van der Waals surface area contributed by atoms with Gasteiger partial charge in [0.05, 0.1) is 0 Å². The summed E-state index contributed by atoms with van der Waals surface area (Å²) in [5, 5.41) is 2.03. The van der Waals surface area contributed by atoms with Gasteiger partial charge in [-0.05, 0) is 0 Å². The fourth-order valence-corrected chi connectivity index (χ4v) is 2.27. The zero-order valence-electron chi connectivity index (χ0n) is 5.94. The Morgan fingerprint density at radius 3 is 2.75 bits per heavy atom. The molecule has 0 saturated heterocycles. The Hall–Kier alpha value is -0.771. The number of thiophene rings is 1. The Labute approximate surface area is 80.1 Å². The van der Waals surface area contributed by atoms with Crippen molar-refractivity contribution < 1.29 is 15.0 Å². The SMILES string of the molecule is c1cs[c]([Cu][c]2ncncn2)c1. The monoisotopic (exact) mass is 226 g/mol. The molecular formula is C7H5CuN3S.